The lowest BCUT2D eigenvalue weighted by atomic mass is 10.1. The minimum Gasteiger partial charge on any atom is -0.384 e. The van der Waals surface area contributed by atoms with E-state index in [4.69, 9.17) is 4.74 Å². The van der Waals surface area contributed by atoms with Gasteiger partial charge in [-0.3, -0.25) is 0 Å². The fourth-order valence-electron chi connectivity index (χ4n) is 2.59. The van der Waals surface area contributed by atoms with Gasteiger partial charge in [0, 0.05) is 12.8 Å². The van der Waals surface area contributed by atoms with Crippen LogP contribution in [0.1, 0.15) is 31.6 Å². The van der Waals surface area contributed by atoms with Crippen LogP contribution in [0.3, 0.4) is 0 Å². The second kappa shape index (κ2) is 5.77. The summed E-state index contributed by atoms with van der Waals surface area (Å²) in [6.07, 6.45) is 3.24. The fourth-order valence-corrected chi connectivity index (χ4v) is 2.59. The maximum Gasteiger partial charge on any atom is 0.122 e. The molecule has 1 aromatic carbocycles. The molecule has 20 heavy (non-hydrogen) atoms. The van der Waals surface area contributed by atoms with Crippen LogP contribution in [0.15, 0.2) is 42.6 Å². The molecule has 4 nitrogen and oxygen atoms in total. The highest BCUT2D eigenvalue weighted by molar-refractivity contribution is 5.33. The number of hydrogen-bond donors (Lipinski definition) is 1. The first kappa shape index (κ1) is 13.3. The molecule has 1 aliphatic rings. The zero-order chi connectivity index (χ0) is 13.9. The molecule has 1 saturated carbocycles. The van der Waals surface area contributed by atoms with Crippen molar-refractivity contribution < 1.29 is 9.84 Å². The summed E-state index contributed by atoms with van der Waals surface area (Å²) < 4.78 is 7.54. The van der Waals surface area contributed by atoms with Gasteiger partial charge in [-0.1, -0.05) is 18.2 Å². The van der Waals surface area contributed by atoms with Crippen molar-refractivity contribution in [2.75, 3.05) is 6.61 Å². The summed E-state index contributed by atoms with van der Waals surface area (Å²) in [6.45, 7) is 2.59. The van der Waals surface area contributed by atoms with E-state index < -0.39 is 6.10 Å². The SMILES string of the molecule is CCOC(C1CC1)C(O)c1ccnn1-c1ccccc1. The normalized spacial score (nSPS) is 17.9. The Morgan fingerprint density at radius 3 is 2.70 bits per heavy atom. The number of rotatable bonds is 6. The third-order valence-electron chi connectivity index (χ3n) is 3.73. The molecule has 1 aromatic heterocycles. The molecule has 1 N–H and O–H groups in total. The first-order valence-electron chi connectivity index (χ1n) is 7.20. The third-order valence-corrected chi connectivity index (χ3v) is 3.73. The number of aliphatic hydroxyl groups excluding tert-OH is 1. The number of para-hydroxylation sites is 1. The van der Waals surface area contributed by atoms with Crippen molar-refractivity contribution >= 4 is 0 Å². The number of benzene rings is 1. The van der Waals surface area contributed by atoms with Gasteiger partial charge in [0.05, 0.1) is 17.5 Å². The van der Waals surface area contributed by atoms with Gasteiger partial charge in [-0.05, 0) is 43.9 Å². The molecule has 2 aromatic rings. The van der Waals surface area contributed by atoms with Gasteiger partial charge in [-0.2, -0.15) is 5.10 Å². The van der Waals surface area contributed by atoms with Crippen LogP contribution in [-0.2, 0) is 4.74 Å². The van der Waals surface area contributed by atoms with Crippen molar-refractivity contribution in [3.8, 4) is 5.69 Å². The quantitative estimate of drug-likeness (QED) is 0.879. The Kier molecular flexibility index (Phi) is 3.85. The van der Waals surface area contributed by atoms with Crippen LogP contribution >= 0.6 is 0 Å². The topological polar surface area (TPSA) is 47.3 Å². The van der Waals surface area contributed by atoms with Crippen LogP contribution in [0.25, 0.3) is 5.69 Å². The maximum atomic E-state index is 10.7. The first-order chi connectivity index (χ1) is 9.81. The first-order valence-corrected chi connectivity index (χ1v) is 7.20. The lowest BCUT2D eigenvalue weighted by Gasteiger charge is -2.23. The Morgan fingerprint density at radius 2 is 2.05 bits per heavy atom. The lowest BCUT2D eigenvalue weighted by Crippen LogP contribution is -2.26. The van der Waals surface area contributed by atoms with Crippen molar-refractivity contribution in [3.05, 3.63) is 48.3 Å². The van der Waals surface area contributed by atoms with Gasteiger partial charge in [0.2, 0.25) is 0 Å². The maximum absolute atomic E-state index is 10.7. The van der Waals surface area contributed by atoms with Crippen molar-refractivity contribution in [2.45, 2.75) is 32.0 Å². The second-order valence-corrected chi connectivity index (χ2v) is 5.21. The molecule has 1 fully saturated rings. The summed E-state index contributed by atoms with van der Waals surface area (Å²) in [5.41, 5.74) is 1.75. The smallest absolute Gasteiger partial charge is 0.122 e. The van der Waals surface area contributed by atoms with Gasteiger partial charge in [0.25, 0.3) is 0 Å². The van der Waals surface area contributed by atoms with E-state index in [-0.39, 0.29) is 6.10 Å². The molecule has 0 aliphatic heterocycles. The zero-order valence-electron chi connectivity index (χ0n) is 11.6. The molecule has 0 radical (unpaired) electrons. The van der Waals surface area contributed by atoms with Gasteiger partial charge in [-0.25, -0.2) is 4.68 Å². The predicted molar refractivity (Wildman–Crippen MR) is 76.7 cm³/mol. The van der Waals surface area contributed by atoms with Crippen LogP contribution in [0.2, 0.25) is 0 Å². The van der Waals surface area contributed by atoms with E-state index in [0.29, 0.717) is 12.5 Å². The van der Waals surface area contributed by atoms with E-state index >= 15 is 0 Å². The van der Waals surface area contributed by atoms with E-state index in [1.54, 1.807) is 10.9 Å². The molecule has 1 aliphatic carbocycles. The average Bonchev–Trinajstić information content (AvgIpc) is 3.20. The van der Waals surface area contributed by atoms with Gasteiger partial charge in [0.1, 0.15) is 6.10 Å². The van der Waals surface area contributed by atoms with Crippen molar-refractivity contribution in [3.63, 3.8) is 0 Å². The summed E-state index contributed by atoms with van der Waals surface area (Å²) >= 11 is 0. The number of ether oxygens (including phenoxy) is 1. The van der Waals surface area contributed by atoms with E-state index in [9.17, 15) is 5.11 Å². The third kappa shape index (κ3) is 2.62. The zero-order valence-corrected chi connectivity index (χ0v) is 11.6. The van der Waals surface area contributed by atoms with Crippen molar-refractivity contribution in [1.82, 2.24) is 9.78 Å². The number of aliphatic hydroxyl groups is 1. The number of hydrogen-bond acceptors (Lipinski definition) is 3. The highest BCUT2D eigenvalue weighted by Gasteiger charge is 2.38. The molecule has 2 atom stereocenters. The summed E-state index contributed by atoms with van der Waals surface area (Å²) in [6, 6.07) is 11.7. The van der Waals surface area contributed by atoms with E-state index in [1.165, 1.54) is 0 Å². The van der Waals surface area contributed by atoms with Crippen LogP contribution in [0.4, 0.5) is 0 Å². The largest absolute Gasteiger partial charge is 0.384 e. The summed E-state index contributed by atoms with van der Waals surface area (Å²) in [7, 11) is 0. The highest BCUT2D eigenvalue weighted by atomic mass is 16.5. The Bertz CT molecular complexity index is 549. The fraction of sp³-hybridized carbons (Fsp3) is 0.438. The molecule has 106 valence electrons. The van der Waals surface area contributed by atoms with Crippen molar-refractivity contribution in [2.24, 2.45) is 5.92 Å². The summed E-state index contributed by atoms with van der Waals surface area (Å²) in [5.74, 6) is 0.476. The van der Waals surface area contributed by atoms with Gasteiger partial charge < -0.3 is 9.84 Å². The number of aromatic nitrogens is 2. The monoisotopic (exact) mass is 272 g/mol. The molecule has 0 bridgehead atoms. The van der Waals surface area contributed by atoms with Crippen LogP contribution in [-0.4, -0.2) is 27.6 Å². The Morgan fingerprint density at radius 1 is 1.30 bits per heavy atom. The second-order valence-electron chi connectivity index (χ2n) is 5.21. The van der Waals surface area contributed by atoms with Crippen LogP contribution < -0.4 is 0 Å². The van der Waals surface area contributed by atoms with Crippen molar-refractivity contribution in [1.29, 1.82) is 0 Å². The Labute approximate surface area is 119 Å². The lowest BCUT2D eigenvalue weighted by molar-refractivity contribution is -0.0487. The van der Waals surface area contributed by atoms with Gasteiger partial charge in [0.15, 0.2) is 0 Å². The van der Waals surface area contributed by atoms with E-state index in [0.717, 1.165) is 24.2 Å². The van der Waals surface area contributed by atoms with Gasteiger partial charge in [-0.15, -0.1) is 0 Å². The Balaban J connectivity index is 1.88. The standard InChI is InChI=1S/C16H20N2O2/c1-2-20-16(12-8-9-12)15(19)14-10-11-17-18(14)13-6-4-3-5-7-13/h3-7,10-12,15-16,19H,2,8-9H2,1H3. The van der Waals surface area contributed by atoms with E-state index in [1.807, 2.05) is 43.3 Å². The molecular weight excluding hydrogens is 252 g/mol. The van der Waals surface area contributed by atoms with Gasteiger partial charge >= 0.3 is 0 Å². The molecule has 0 saturated heterocycles. The number of nitrogens with zero attached hydrogens (tertiary/aromatic N) is 2. The Hall–Kier alpha value is -1.65. The molecule has 3 rings (SSSR count). The summed E-state index contributed by atoms with van der Waals surface area (Å²) in [4.78, 5) is 0. The van der Waals surface area contributed by atoms with Crippen LogP contribution in [0.5, 0.6) is 0 Å². The molecule has 0 amide bonds. The minimum absolute atomic E-state index is 0.126. The molecule has 0 spiro atoms. The summed E-state index contributed by atoms with van der Waals surface area (Å²) in [5, 5.41) is 15.0. The molecular formula is C16H20N2O2. The minimum atomic E-state index is -0.634. The average molecular weight is 272 g/mol. The van der Waals surface area contributed by atoms with E-state index in [2.05, 4.69) is 5.10 Å². The highest BCUT2D eigenvalue weighted by Crippen LogP contribution is 2.40. The molecule has 1 heterocycles. The van der Waals surface area contributed by atoms with Crippen LogP contribution in [0, 0.1) is 5.92 Å². The molecule has 2 unspecified atom stereocenters. The molecule has 4 heteroatoms. The predicted octanol–water partition coefficient (Wildman–Crippen LogP) is 2.72.